The Hall–Kier alpha value is -0.0400. The second-order valence-corrected chi connectivity index (χ2v) is 4.01. The Labute approximate surface area is 70.6 Å². The number of hydrogen-bond acceptors (Lipinski definition) is 1. The summed E-state index contributed by atoms with van der Waals surface area (Å²) in [5.41, 5.74) is 0. The van der Waals surface area contributed by atoms with Crippen LogP contribution < -0.4 is 5.32 Å². The molecule has 1 nitrogen and oxygen atoms in total. The number of rotatable bonds is 3. The molecule has 0 spiro atoms. The van der Waals surface area contributed by atoms with Crippen molar-refractivity contribution in [3.63, 3.8) is 0 Å². The number of unbranched alkanes of at least 4 members (excludes halogenated alkanes) is 1. The quantitative estimate of drug-likeness (QED) is 0.660. The average Bonchev–Trinajstić information content (AvgIpc) is 2.01. The molecule has 1 fully saturated rings. The van der Waals surface area contributed by atoms with Crippen molar-refractivity contribution in [3.8, 4) is 0 Å². The number of nitrogens with one attached hydrogen (secondary N) is 1. The monoisotopic (exact) mass is 155 g/mol. The molecule has 0 aliphatic carbocycles. The highest BCUT2D eigenvalue weighted by Crippen LogP contribution is 2.20. The highest BCUT2D eigenvalue weighted by molar-refractivity contribution is 4.73. The summed E-state index contributed by atoms with van der Waals surface area (Å²) in [7, 11) is 0. The van der Waals surface area contributed by atoms with Crippen LogP contribution in [-0.2, 0) is 0 Å². The first-order valence-corrected chi connectivity index (χ1v) is 5.03. The van der Waals surface area contributed by atoms with Crippen LogP contribution in [-0.4, -0.2) is 13.1 Å². The van der Waals surface area contributed by atoms with E-state index < -0.39 is 0 Å². The highest BCUT2D eigenvalue weighted by Gasteiger charge is 2.17. The van der Waals surface area contributed by atoms with Gasteiger partial charge in [-0.2, -0.15) is 0 Å². The molecular weight excluding hydrogens is 134 g/mol. The Morgan fingerprint density at radius 1 is 1.36 bits per heavy atom. The fourth-order valence-electron chi connectivity index (χ4n) is 1.98. The second-order valence-electron chi connectivity index (χ2n) is 4.01. The molecule has 1 heteroatoms. The van der Waals surface area contributed by atoms with E-state index in [1.165, 1.54) is 38.8 Å². The van der Waals surface area contributed by atoms with Crippen molar-refractivity contribution in [2.75, 3.05) is 13.1 Å². The van der Waals surface area contributed by atoms with E-state index in [0.29, 0.717) is 0 Å². The Kier molecular flexibility index (Phi) is 3.92. The van der Waals surface area contributed by atoms with Gasteiger partial charge in [0.05, 0.1) is 0 Å². The van der Waals surface area contributed by atoms with Crippen LogP contribution in [0, 0.1) is 11.8 Å². The van der Waals surface area contributed by atoms with Gasteiger partial charge in [0.15, 0.2) is 0 Å². The number of piperidine rings is 1. The minimum Gasteiger partial charge on any atom is -0.316 e. The summed E-state index contributed by atoms with van der Waals surface area (Å²) in [6.45, 7) is 7.14. The SMILES string of the molecule is CCCCC1CNCC(C)C1. The summed E-state index contributed by atoms with van der Waals surface area (Å²) in [5, 5.41) is 3.49. The normalized spacial score (nSPS) is 32.2. The van der Waals surface area contributed by atoms with Crippen LogP contribution in [0.25, 0.3) is 0 Å². The van der Waals surface area contributed by atoms with Crippen molar-refractivity contribution >= 4 is 0 Å². The predicted octanol–water partition coefficient (Wildman–Crippen LogP) is 2.42. The minimum atomic E-state index is 0.908. The zero-order valence-corrected chi connectivity index (χ0v) is 7.90. The predicted molar refractivity (Wildman–Crippen MR) is 49.7 cm³/mol. The van der Waals surface area contributed by atoms with Gasteiger partial charge >= 0.3 is 0 Å². The van der Waals surface area contributed by atoms with Gasteiger partial charge in [-0.15, -0.1) is 0 Å². The van der Waals surface area contributed by atoms with Gasteiger partial charge in [0.25, 0.3) is 0 Å². The smallest absolute Gasteiger partial charge is 0.00203 e. The van der Waals surface area contributed by atoms with Crippen LogP contribution in [0.4, 0.5) is 0 Å². The molecule has 11 heavy (non-hydrogen) atoms. The van der Waals surface area contributed by atoms with E-state index in [4.69, 9.17) is 0 Å². The molecule has 0 aromatic heterocycles. The highest BCUT2D eigenvalue weighted by atomic mass is 14.9. The lowest BCUT2D eigenvalue weighted by Crippen LogP contribution is -2.34. The first kappa shape index (κ1) is 9.05. The third-order valence-corrected chi connectivity index (χ3v) is 2.63. The van der Waals surface area contributed by atoms with Crippen molar-refractivity contribution in [1.29, 1.82) is 0 Å². The Morgan fingerprint density at radius 2 is 2.18 bits per heavy atom. The van der Waals surface area contributed by atoms with E-state index in [9.17, 15) is 0 Å². The van der Waals surface area contributed by atoms with E-state index in [1.54, 1.807) is 0 Å². The topological polar surface area (TPSA) is 12.0 Å². The largest absolute Gasteiger partial charge is 0.316 e. The molecule has 66 valence electrons. The summed E-state index contributed by atoms with van der Waals surface area (Å²) in [5.74, 6) is 1.88. The van der Waals surface area contributed by atoms with Crippen LogP contribution in [0.15, 0.2) is 0 Å². The summed E-state index contributed by atoms with van der Waals surface area (Å²) in [6, 6.07) is 0. The van der Waals surface area contributed by atoms with Crippen LogP contribution in [0.1, 0.15) is 39.5 Å². The molecule has 0 radical (unpaired) electrons. The lowest BCUT2D eigenvalue weighted by molar-refractivity contribution is 0.284. The van der Waals surface area contributed by atoms with Crippen molar-refractivity contribution < 1.29 is 0 Å². The molecule has 0 amide bonds. The van der Waals surface area contributed by atoms with Crippen molar-refractivity contribution in [2.45, 2.75) is 39.5 Å². The maximum atomic E-state index is 3.49. The average molecular weight is 155 g/mol. The Morgan fingerprint density at radius 3 is 2.82 bits per heavy atom. The van der Waals surface area contributed by atoms with Gasteiger partial charge in [-0.1, -0.05) is 26.7 Å². The zero-order valence-electron chi connectivity index (χ0n) is 7.90. The summed E-state index contributed by atoms with van der Waals surface area (Å²) in [4.78, 5) is 0. The molecule has 2 atom stereocenters. The molecule has 1 N–H and O–H groups in total. The van der Waals surface area contributed by atoms with Gasteiger partial charge in [-0.05, 0) is 37.8 Å². The van der Waals surface area contributed by atoms with Gasteiger partial charge in [0, 0.05) is 0 Å². The molecule has 1 saturated heterocycles. The summed E-state index contributed by atoms with van der Waals surface area (Å²) >= 11 is 0. The molecule has 0 saturated carbocycles. The molecule has 0 bridgehead atoms. The van der Waals surface area contributed by atoms with E-state index in [2.05, 4.69) is 19.2 Å². The maximum Gasteiger partial charge on any atom is -0.00203 e. The third-order valence-electron chi connectivity index (χ3n) is 2.63. The Balaban J connectivity index is 2.12. The van der Waals surface area contributed by atoms with E-state index in [0.717, 1.165) is 11.8 Å². The third kappa shape index (κ3) is 3.24. The minimum absolute atomic E-state index is 0.908. The molecule has 1 aliphatic heterocycles. The fraction of sp³-hybridized carbons (Fsp3) is 1.00. The number of hydrogen-bond donors (Lipinski definition) is 1. The molecule has 0 aromatic rings. The first-order chi connectivity index (χ1) is 5.33. The van der Waals surface area contributed by atoms with E-state index in [-0.39, 0.29) is 0 Å². The molecule has 2 unspecified atom stereocenters. The molecule has 1 rings (SSSR count). The summed E-state index contributed by atoms with van der Waals surface area (Å²) < 4.78 is 0. The molecule has 0 aromatic carbocycles. The van der Waals surface area contributed by atoms with Gasteiger partial charge < -0.3 is 5.32 Å². The van der Waals surface area contributed by atoms with Gasteiger partial charge in [0.2, 0.25) is 0 Å². The second kappa shape index (κ2) is 4.76. The Bertz CT molecular complexity index is 101. The van der Waals surface area contributed by atoms with Crippen molar-refractivity contribution in [1.82, 2.24) is 5.32 Å². The molecule has 1 aliphatic rings. The molecule has 1 heterocycles. The first-order valence-electron chi connectivity index (χ1n) is 5.03. The molecular formula is C10H21N. The van der Waals surface area contributed by atoms with E-state index in [1.807, 2.05) is 0 Å². The zero-order chi connectivity index (χ0) is 8.10. The summed E-state index contributed by atoms with van der Waals surface area (Å²) in [6.07, 6.45) is 5.66. The van der Waals surface area contributed by atoms with Crippen LogP contribution in [0.2, 0.25) is 0 Å². The van der Waals surface area contributed by atoms with Crippen LogP contribution in [0.5, 0.6) is 0 Å². The van der Waals surface area contributed by atoms with Gasteiger partial charge in [-0.3, -0.25) is 0 Å². The lowest BCUT2D eigenvalue weighted by Gasteiger charge is -2.27. The van der Waals surface area contributed by atoms with Gasteiger partial charge in [0.1, 0.15) is 0 Å². The standard InChI is InChI=1S/C10H21N/c1-3-4-5-10-6-9(2)7-11-8-10/h9-11H,3-8H2,1-2H3. The fourth-order valence-corrected chi connectivity index (χ4v) is 1.98. The van der Waals surface area contributed by atoms with Crippen LogP contribution in [0.3, 0.4) is 0 Å². The van der Waals surface area contributed by atoms with Crippen molar-refractivity contribution in [3.05, 3.63) is 0 Å². The van der Waals surface area contributed by atoms with Crippen molar-refractivity contribution in [2.24, 2.45) is 11.8 Å². The maximum absolute atomic E-state index is 3.49. The van der Waals surface area contributed by atoms with Gasteiger partial charge in [-0.25, -0.2) is 0 Å². The van der Waals surface area contributed by atoms with E-state index >= 15 is 0 Å². The van der Waals surface area contributed by atoms with Crippen LogP contribution >= 0.6 is 0 Å². The lowest BCUT2D eigenvalue weighted by atomic mass is 9.88.